The van der Waals surface area contributed by atoms with Crippen LogP contribution in [0.1, 0.15) is 6.42 Å². The van der Waals surface area contributed by atoms with E-state index < -0.39 is 17.5 Å². The van der Waals surface area contributed by atoms with Gasteiger partial charge in [-0.15, -0.1) is 0 Å². The van der Waals surface area contributed by atoms with Gasteiger partial charge in [0.1, 0.15) is 0 Å². The van der Waals surface area contributed by atoms with Gasteiger partial charge in [0.2, 0.25) is 0 Å². The van der Waals surface area contributed by atoms with Crippen LogP contribution < -0.4 is 5.73 Å². The normalized spacial score (nSPS) is 12.7. The van der Waals surface area contributed by atoms with E-state index in [-0.39, 0.29) is 0 Å². The minimum Gasteiger partial charge on any atom is -0.399 e. The first-order chi connectivity index (χ1) is 6.24. The van der Waals surface area contributed by atoms with Gasteiger partial charge in [0.05, 0.1) is 17.5 Å². The lowest BCUT2D eigenvalue weighted by Crippen LogP contribution is -1.99. The minimum atomic E-state index is -1.11. The highest BCUT2D eigenvalue weighted by Gasteiger charge is 2.02. The lowest BCUT2D eigenvalue weighted by Gasteiger charge is -2.01. The van der Waals surface area contributed by atoms with Crippen molar-refractivity contribution in [1.82, 2.24) is 0 Å². The smallest absolute Gasteiger partial charge is 0.0903 e. The molecule has 2 nitrogen and oxygen atoms in total. The Balaban J connectivity index is 2.66. The maximum Gasteiger partial charge on any atom is 0.0903 e. The largest absolute Gasteiger partial charge is 0.399 e. The van der Waals surface area contributed by atoms with E-state index >= 15 is 0 Å². The summed E-state index contributed by atoms with van der Waals surface area (Å²) in [5.74, 6) is 0.361. The van der Waals surface area contributed by atoms with Gasteiger partial charge in [-0.25, -0.2) is 0 Å². The Morgan fingerprint density at radius 3 is 2.85 bits per heavy atom. The average Bonchev–Trinajstić information content (AvgIpc) is 2.14. The molecule has 0 spiro atoms. The Morgan fingerprint density at radius 1 is 1.46 bits per heavy atom. The standard InChI is InChI=1S/C9H12FNOS/c10-5-2-6-13(12)9-4-1-3-8(11)7-9/h1,3-4,7H,2,5-6,11H2. The second-order valence-corrected chi connectivity index (χ2v) is 4.24. The maximum absolute atomic E-state index is 11.8. The molecule has 0 aliphatic heterocycles. The van der Waals surface area contributed by atoms with Crippen LogP contribution in [0.25, 0.3) is 0 Å². The maximum atomic E-state index is 11.8. The van der Waals surface area contributed by atoms with E-state index in [1.807, 2.05) is 0 Å². The van der Waals surface area contributed by atoms with Crippen LogP contribution in [0.4, 0.5) is 10.1 Å². The Labute approximate surface area is 79.4 Å². The van der Waals surface area contributed by atoms with Crippen molar-refractivity contribution >= 4 is 16.5 Å². The van der Waals surface area contributed by atoms with Gasteiger partial charge in [0, 0.05) is 16.3 Å². The first kappa shape index (κ1) is 10.2. The molecule has 1 aromatic rings. The molecule has 0 aromatic heterocycles. The van der Waals surface area contributed by atoms with Crippen molar-refractivity contribution in [3.8, 4) is 0 Å². The summed E-state index contributed by atoms with van der Waals surface area (Å²) in [6.45, 7) is -0.423. The van der Waals surface area contributed by atoms with E-state index in [1.54, 1.807) is 24.3 Å². The van der Waals surface area contributed by atoms with Gasteiger partial charge in [-0.05, 0) is 24.6 Å². The summed E-state index contributed by atoms with van der Waals surface area (Å²) in [7, 11) is -1.11. The molecule has 0 radical (unpaired) electrons. The molecule has 0 fully saturated rings. The van der Waals surface area contributed by atoms with Crippen LogP contribution in [0.2, 0.25) is 0 Å². The Bertz CT molecular complexity index is 303. The van der Waals surface area contributed by atoms with Crippen molar-refractivity contribution in [1.29, 1.82) is 0 Å². The fourth-order valence-electron chi connectivity index (χ4n) is 0.960. The fourth-order valence-corrected chi connectivity index (χ4v) is 2.06. The highest BCUT2D eigenvalue weighted by molar-refractivity contribution is 7.85. The molecule has 4 heteroatoms. The number of anilines is 1. The third-order valence-electron chi connectivity index (χ3n) is 1.58. The van der Waals surface area contributed by atoms with Crippen molar-refractivity contribution in [2.45, 2.75) is 11.3 Å². The first-order valence-electron chi connectivity index (χ1n) is 4.04. The van der Waals surface area contributed by atoms with Crippen LogP contribution in [0, 0.1) is 0 Å². The first-order valence-corrected chi connectivity index (χ1v) is 5.36. The second-order valence-electron chi connectivity index (χ2n) is 2.66. The molecule has 0 saturated carbocycles. The summed E-state index contributed by atoms with van der Waals surface area (Å²) in [6.07, 6.45) is 0.335. The van der Waals surface area contributed by atoms with Gasteiger partial charge >= 0.3 is 0 Å². The van der Waals surface area contributed by atoms with Crippen molar-refractivity contribution in [2.75, 3.05) is 18.2 Å². The summed E-state index contributed by atoms with van der Waals surface area (Å²) in [6, 6.07) is 6.88. The van der Waals surface area contributed by atoms with Gasteiger partial charge in [0.15, 0.2) is 0 Å². The second kappa shape index (κ2) is 4.97. The highest BCUT2D eigenvalue weighted by Crippen LogP contribution is 2.11. The number of nitrogens with two attached hydrogens (primary N) is 1. The van der Waals surface area contributed by atoms with Crippen LogP contribution in [-0.2, 0) is 10.8 Å². The highest BCUT2D eigenvalue weighted by atomic mass is 32.2. The third kappa shape index (κ3) is 3.14. The Kier molecular flexibility index (Phi) is 3.89. The molecule has 0 heterocycles. The van der Waals surface area contributed by atoms with Crippen LogP contribution in [-0.4, -0.2) is 16.6 Å². The molecule has 0 amide bonds. The van der Waals surface area contributed by atoms with E-state index in [4.69, 9.17) is 5.73 Å². The van der Waals surface area contributed by atoms with Crippen LogP contribution in [0.3, 0.4) is 0 Å². The quantitative estimate of drug-likeness (QED) is 0.754. The number of nitrogen functional groups attached to an aromatic ring is 1. The van der Waals surface area contributed by atoms with Crippen molar-refractivity contribution in [3.63, 3.8) is 0 Å². The molecule has 1 rings (SSSR count). The van der Waals surface area contributed by atoms with Gasteiger partial charge < -0.3 is 5.73 Å². The molecule has 0 aliphatic rings. The van der Waals surface area contributed by atoms with Crippen molar-refractivity contribution < 1.29 is 8.60 Å². The van der Waals surface area contributed by atoms with E-state index in [1.165, 1.54) is 0 Å². The zero-order chi connectivity index (χ0) is 9.68. The van der Waals surface area contributed by atoms with Gasteiger partial charge in [0.25, 0.3) is 0 Å². The molecule has 2 N–H and O–H groups in total. The fraction of sp³-hybridized carbons (Fsp3) is 0.333. The molecule has 0 aliphatic carbocycles. The molecule has 0 saturated heterocycles. The zero-order valence-electron chi connectivity index (χ0n) is 7.20. The monoisotopic (exact) mass is 201 g/mol. The number of benzene rings is 1. The number of alkyl halides is 1. The molecule has 13 heavy (non-hydrogen) atoms. The summed E-state index contributed by atoms with van der Waals surface area (Å²) in [4.78, 5) is 0.674. The van der Waals surface area contributed by atoms with Crippen molar-refractivity contribution in [3.05, 3.63) is 24.3 Å². The number of hydrogen-bond donors (Lipinski definition) is 1. The SMILES string of the molecule is Nc1cccc(S(=O)CCCF)c1. The van der Waals surface area contributed by atoms with Gasteiger partial charge in [-0.2, -0.15) is 0 Å². The third-order valence-corrected chi connectivity index (χ3v) is 3.02. The lowest BCUT2D eigenvalue weighted by atomic mass is 10.3. The molecule has 0 bridgehead atoms. The van der Waals surface area contributed by atoms with Crippen LogP contribution in [0.15, 0.2) is 29.2 Å². The van der Waals surface area contributed by atoms with E-state index in [9.17, 15) is 8.60 Å². The lowest BCUT2D eigenvalue weighted by molar-refractivity contribution is 0.488. The van der Waals surface area contributed by atoms with Crippen LogP contribution >= 0.6 is 0 Å². The molecule has 72 valence electrons. The summed E-state index contributed by atoms with van der Waals surface area (Å²) in [5, 5.41) is 0. The summed E-state index contributed by atoms with van der Waals surface area (Å²) in [5.41, 5.74) is 6.11. The predicted molar refractivity (Wildman–Crippen MR) is 52.7 cm³/mol. The summed E-state index contributed by atoms with van der Waals surface area (Å²) < 4.78 is 23.2. The number of rotatable bonds is 4. The molecular formula is C9H12FNOS. The molecule has 1 aromatic carbocycles. The summed E-state index contributed by atoms with van der Waals surface area (Å²) >= 11 is 0. The topological polar surface area (TPSA) is 43.1 Å². The van der Waals surface area contributed by atoms with E-state index in [2.05, 4.69) is 0 Å². The zero-order valence-corrected chi connectivity index (χ0v) is 8.02. The van der Waals surface area contributed by atoms with E-state index in [0.717, 1.165) is 0 Å². The number of hydrogen-bond acceptors (Lipinski definition) is 2. The average molecular weight is 201 g/mol. The van der Waals surface area contributed by atoms with Crippen molar-refractivity contribution in [2.24, 2.45) is 0 Å². The van der Waals surface area contributed by atoms with E-state index in [0.29, 0.717) is 22.8 Å². The Morgan fingerprint density at radius 2 is 2.23 bits per heavy atom. The molecule has 1 unspecified atom stereocenters. The minimum absolute atomic E-state index is 0.335. The Hall–Kier alpha value is -0.900. The van der Waals surface area contributed by atoms with Gasteiger partial charge in [-0.1, -0.05) is 6.07 Å². The predicted octanol–water partition coefficient (Wildman–Crippen LogP) is 1.74. The molecular weight excluding hydrogens is 189 g/mol. The molecule has 1 atom stereocenters. The van der Waals surface area contributed by atoms with Crippen LogP contribution in [0.5, 0.6) is 0 Å². The van der Waals surface area contributed by atoms with Gasteiger partial charge in [-0.3, -0.25) is 8.60 Å². The number of halogens is 1.